The van der Waals surface area contributed by atoms with Crippen LogP contribution in [0.4, 0.5) is 4.79 Å². The van der Waals surface area contributed by atoms with Gasteiger partial charge in [-0.25, -0.2) is 14.3 Å². The van der Waals surface area contributed by atoms with Gasteiger partial charge in [-0.2, -0.15) is 10.1 Å². The van der Waals surface area contributed by atoms with Gasteiger partial charge in [0.25, 0.3) is 5.91 Å². The Kier molecular flexibility index (Phi) is 7.21. The monoisotopic (exact) mass is 590 g/mol. The number of hydrogen-bond acceptors (Lipinski definition) is 6. The minimum atomic E-state index is -0.634. The van der Waals surface area contributed by atoms with E-state index >= 15 is 0 Å². The van der Waals surface area contributed by atoms with E-state index < -0.39 is 11.7 Å². The fourth-order valence-electron chi connectivity index (χ4n) is 5.63. The Balaban J connectivity index is 1.36. The van der Waals surface area contributed by atoms with Gasteiger partial charge in [0.05, 0.1) is 30.4 Å². The number of aromatic nitrogens is 4. The second-order valence-electron chi connectivity index (χ2n) is 12.2. The number of halogens is 1. The Labute approximate surface area is 249 Å². The standard InChI is InChI=1S/C31H35ClN6O4/c1-18-25(23-13-20-10-11-33-28(32)27(20)37(23)15-19-8-9-19)35-38-16-21(14-24(41-5)26(18)38)29(39)36-12-6-7-22(17-36)34-30(40)42-31(2,3)4/h10-11,13-14,16,19H,6-9,12,15,17H2,1-5H3/b34-22-. The predicted molar refractivity (Wildman–Crippen MR) is 162 cm³/mol. The minimum Gasteiger partial charge on any atom is -0.494 e. The molecule has 0 aromatic carbocycles. The molecule has 4 aromatic rings. The first-order chi connectivity index (χ1) is 20.0. The fraction of sp³-hybridized carbons (Fsp3) is 0.452. The third-order valence-electron chi connectivity index (χ3n) is 7.74. The van der Waals surface area contributed by atoms with Gasteiger partial charge in [0, 0.05) is 42.1 Å². The molecule has 0 spiro atoms. The van der Waals surface area contributed by atoms with Crippen molar-refractivity contribution >= 4 is 45.7 Å². The molecule has 0 atom stereocenters. The number of ether oxygens (including phenoxy) is 2. The van der Waals surface area contributed by atoms with Crippen LogP contribution >= 0.6 is 11.6 Å². The van der Waals surface area contributed by atoms with Gasteiger partial charge < -0.3 is 18.9 Å². The number of hydrogen-bond donors (Lipinski definition) is 0. The van der Waals surface area contributed by atoms with Gasteiger partial charge in [0.2, 0.25) is 0 Å². The van der Waals surface area contributed by atoms with Crippen molar-refractivity contribution in [1.82, 2.24) is 24.1 Å². The molecule has 0 N–H and O–H groups in total. The van der Waals surface area contributed by atoms with Gasteiger partial charge in [-0.1, -0.05) is 11.6 Å². The summed E-state index contributed by atoms with van der Waals surface area (Å²) in [5.41, 5.74) is 4.85. The van der Waals surface area contributed by atoms with E-state index in [0.29, 0.717) is 47.5 Å². The van der Waals surface area contributed by atoms with E-state index in [9.17, 15) is 9.59 Å². The van der Waals surface area contributed by atoms with Crippen LogP contribution in [0, 0.1) is 12.8 Å². The number of likely N-dealkylation sites (tertiary alicyclic amines) is 1. The summed E-state index contributed by atoms with van der Waals surface area (Å²) in [6.07, 6.45) is 6.58. The zero-order valence-electron chi connectivity index (χ0n) is 24.6. The summed E-state index contributed by atoms with van der Waals surface area (Å²) < 4.78 is 15.1. The molecule has 1 aliphatic heterocycles. The Morgan fingerprint density at radius 2 is 1.98 bits per heavy atom. The molecule has 2 fully saturated rings. The van der Waals surface area contributed by atoms with Crippen LogP contribution in [0.25, 0.3) is 27.8 Å². The van der Waals surface area contributed by atoms with Gasteiger partial charge in [-0.05, 0) is 77.5 Å². The number of methoxy groups -OCH3 is 1. The van der Waals surface area contributed by atoms with Crippen molar-refractivity contribution in [2.45, 2.75) is 65.5 Å². The molecule has 0 unspecified atom stereocenters. The molecule has 10 nitrogen and oxygen atoms in total. The van der Waals surface area contributed by atoms with Crippen molar-refractivity contribution in [3.05, 3.63) is 46.9 Å². The lowest BCUT2D eigenvalue weighted by Crippen LogP contribution is -2.40. The van der Waals surface area contributed by atoms with Gasteiger partial charge >= 0.3 is 6.09 Å². The molecule has 2 amide bonds. The number of amides is 2. The number of rotatable bonds is 5. The van der Waals surface area contributed by atoms with Crippen LogP contribution in [0.5, 0.6) is 5.75 Å². The second-order valence-corrected chi connectivity index (χ2v) is 12.5. The van der Waals surface area contributed by atoms with Crippen LogP contribution in [-0.4, -0.2) is 67.6 Å². The van der Waals surface area contributed by atoms with Crippen molar-refractivity contribution < 1.29 is 19.1 Å². The first-order valence-electron chi connectivity index (χ1n) is 14.3. The molecule has 1 saturated heterocycles. The maximum absolute atomic E-state index is 13.7. The molecule has 42 heavy (non-hydrogen) atoms. The van der Waals surface area contributed by atoms with Gasteiger partial charge in [0.15, 0.2) is 5.15 Å². The number of pyridine rings is 2. The van der Waals surface area contributed by atoms with E-state index in [1.54, 1.807) is 55.8 Å². The van der Waals surface area contributed by atoms with E-state index in [1.165, 1.54) is 12.8 Å². The molecule has 220 valence electrons. The van der Waals surface area contributed by atoms with E-state index in [1.807, 2.05) is 13.0 Å². The molecule has 0 radical (unpaired) electrons. The Hall–Kier alpha value is -3.92. The third kappa shape index (κ3) is 5.47. The number of aliphatic imine (C=N–C) groups is 1. The normalized spacial score (nSPS) is 16.9. The van der Waals surface area contributed by atoms with Crippen molar-refractivity contribution in [2.24, 2.45) is 10.9 Å². The highest BCUT2D eigenvalue weighted by Gasteiger charge is 2.29. The number of carbonyl (C=O) groups is 2. The smallest absolute Gasteiger partial charge is 0.434 e. The molecule has 2 aliphatic rings. The highest BCUT2D eigenvalue weighted by atomic mass is 35.5. The Morgan fingerprint density at radius 3 is 2.69 bits per heavy atom. The molecule has 1 aliphatic carbocycles. The number of nitrogens with zero attached hydrogens (tertiary/aromatic N) is 6. The van der Waals surface area contributed by atoms with E-state index in [2.05, 4.69) is 20.6 Å². The van der Waals surface area contributed by atoms with E-state index in [0.717, 1.165) is 39.9 Å². The molecule has 0 bridgehead atoms. The number of carbonyl (C=O) groups excluding carboxylic acids is 2. The first kappa shape index (κ1) is 28.2. The number of aryl methyl sites for hydroxylation is 1. The highest BCUT2D eigenvalue weighted by molar-refractivity contribution is 6.34. The molecule has 11 heteroatoms. The molecule has 4 aromatic heterocycles. The van der Waals surface area contributed by atoms with Crippen molar-refractivity contribution in [2.75, 3.05) is 20.2 Å². The van der Waals surface area contributed by atoms with Crippen LogP contribution < -0.4 is 4.74 Å². The van der Waals surface area contributed by atoms with Crippen LogP contribution in [0.3, 0.4) is 0 Å². The highest BCUT2D eigenvalue weighted by Crippen LogP contribution is 2.39. The summed E-state index contributed by atoms with van der Waals surface area (Å²) in [4.78, 5) is 36.1. The van der Waals surface area contributed by atoms with Gasteiger partial charge in [-0.15, -0.1) is 0 Å². The molecule has 6 rings (SSSR count). The second kappa shape index (κ2) is 10.7. The van der Waals surface area contributed by atoms with E-state index in [4.69, 9.17) is 26.2 Å². The van der Waals surface area contributed by atoms with Crippen LogP contribution in [0.1, 0.15) is 62.4 Å². The molecule has 1 saturated carbocycles. The maximum atomic E-state index is 13.7. The summed E-state index contributed by atoms with van der Waals surface area (Å²) in [5, 5.41) is 6.46. The molecule has 5 heterocycles. The van der Waals surface area contributed by atoms with Gasteiger partial charge in [0.1, 0.15) is 22.6 Å². The van der Waals surface area contributed by atoms with E-state index in [-0.39, 0.29) is 12.5 Å². The van der Waals surface area contributed by atoms with Crippen LogP contribution in [0.15, 0.2) is 35.6 Å². The fourth-order valence-corrected chi connectivity index (χ4v) is 5.90. The summed E-state index contributed by atoms with van der Waals surface area (Å²) in [5.74, 6) is 0.989. The Morgan fingerprint density at radius 1 is 1.19 bits per heavy atom. The van der Waals surface area contributed by atoms with Crippen molar-refractivity contribution in [3.8, 4) is 17.1 Å². The Bertz CT molecular complexity index is 1740. The topological polar surface area (TPSA) is 103 Å². The lowest BCUT2D eigenvalue weighted by atomic mass is 10.1. The maximum Gasteiger partial charge on any atom is 0.434 e. The summed E-state index contributed by atoms with van der Waals surface area (Å²) in [6, 6.07) is 5.84. The lowest BCUT2D eigenvalue weighted by Gasteiger charge is -2.28. The minimum absolute atomic E-state index is 0.179. The summed E-state index contributed by atoms with van der Waals surface area (Å²) in [6.45, 7) is 9.08. The zero-order valence-corrected chi connectivity index (χ0v) is 25.4. The summed E-state index contributed by atoms with van der Waals surface area (Å²) in [7, 11) is 1.59. The number of piperidine rings is 1. The zero-order chi connectivity index (χ0) is 29.8. The first-order valence-corrected chi connectivity index (χ1v) is 14.7. The summed E-state index contributed by atoms with van der Waals surface area (Å²) >= 11 is 6.57. The third-order valence-corrected chi connectivity index (χ3v) is 8.01. The largest absolute Gasteiger partial charge is 0.494 e. The van der Waals surface area contributed by atoms with Crippen LogP contribution in [0.2, 0.25) is 5.15 Å². The van der Waals surface area contributed by atoms with Gasteiger partial charge in [-0.3, -0.25) is 4.79 Å². The lowest BCUT2D eigenvalue weighted by molar-refractivity contribution is 0.0599. The quantitative estimate of drug-likeness (QED) is 0.251. The average molecular weight is 591 g/mol. The SMILES string of the molecule is COc1cc(C(=O)N2CCC/C(=N/C(=O)OC(C)(C)C)C2)cn2nc(-c3cc4ccnc(Cl)c4n3CC3CC3)c(C)c12. The molecular weight excluding hydrogens is 556 g/mol. The predicted octanol–water partition coefficient (Wildman–Crippen LogP) is 6.34. The number of fused-ring (bicyclic) bond motifs is 2. The van der Waals surface area contributed by atoms with Crippen molar-refractivity contribution in [1.29, 1.82) is 0 Å². The van der Waals surface area contributed by atoms with Crippen LogP contribution in [-0.2, 0) is 11.3 Å². The van der Waals surface area contributed by atoms with Crippen molar-refractivity contribution in [3.63, 3.8) is 0 Å². The average Bonchev–Trinajstić information content (AvgIpc) is 3.59. The molecular formula is C31H35ClN6O4.